The van der Waals surface area contributed by atoms with Gasteiger partial charge >= 0.3 is 14.0 Å². The molecule has 24 heteroatoms. The molecule has 9 heterocycles. The van der Waals surface area contributed by atoms with Crippen LogP contribution in [-0.2, 0) is 12.8 Å². The maximum atomic E-state index is 8.98. The fraction of sp³-hybridized carbons (Fsp3) is 0.139. The van der Waals surface area contributed by atoms with Gasteiger partial charge in [0.15, 0.2) is 0 Å². The highest BCUT2D eigenvalue weighted by Crippen LogP contribution is 2.47. The van der Waals surface area contributed by atoms with Crippen molar-refractivity contribution >= 4 is 121 Å². The SMILES string of the molecule is Brc1ccc(Br)cc1.Brc1ccccc1Cc1ccccc1Br.Cc1cc(C)[nH]n1.Cc1cc(C)n(-c2ccc(-c3ccccc3Cc3ccccc3-c3ccc(-n4nc(C)cc4C)cc3)cc2)n1.Cc1cc(C)n(-c2ccc(B(O)O)cc2)n1.Cc1cc(C)n(-c2ccc(Br)cc2)n1.Cc1cc(C)n(-c2ccc3c(c2)B2c4cc(-n5nc(C)cc5C)ccc4-c4ccccc4N2c2ccccc2-3)n1. The second kappa shape index (κ2) is 44.6. The molecule has 694 valence electrons. The Balaban J connectivity index is 0.000000128. The maximum Gasteiger partial charge on any atom is 0.488 e. The normalized spacial score (nSPS) is 11.2. The Morgan fingerprint density at radius 1 is 0.266 bits per heavy atom. The smallest absolute Gasteiger partial charge is 0.423 e. The van der Waals surface area contributed by atoms with Crippen LogP contribution < -0.4 is 21.2 Å². The van der Waals surface area contributed by atoms with Crippen molar-refractivity contribution in [2.45, 2.75) is 110 Å². The number of hydrogen-bond acceptors (Lipinski definition) is 10. The van der Waals surface area contributed by atoms with E-state index >= 15 is 0 Å². The molecule has 0 aliphatic carbocycles. The minimum atomic E-state index is -1.42. The Morgan fingerprint density at radius 2 is 0.540 bits per heavy atom. The highest BCUT2D eigenvalue weighted by atomic mass is 79.9. The number of nitrogens with zero attached hydrogens (tertiary/aromatic N) is 14. The fourth-order valence-corrected chi connectivity index (χ4v) is 19.5. The lowest BCUT2D eigenvalue weighted by atomic mass is 9.43. The highest BCUT2D eigenvalue weighted by molar-refractivity contribution is 9.11. The number of anilines is 2. The van der Waals surface area contributed by atoms with Crippen LogP contribution in [-0.4, -0.2) is 92.9 Å². The number of fused-ring (bicyclic) bond motifs is 11. The third kappa shape index (κ3) is 23.6. The topological polar surface area (TPSA) is 179 Å². The van der Waals surface area contributed by atoms with Crippen molar-refractivity contribution in [2.24, 2.45) is 0 Å². The second-order valence-corrected chi connectivity index (χ2v) is 39.4. The van der Waals surface area contributed by atoms with Gasteiger partial charge in [0.2, 0.25) is 0 Å². The van der Waals surface area contributed by atoms with Crippen LogP contribution in [0, 0.1) is 96.9 Å². The van der Waals surface area contributed by atoms with Crippen molar-refractivity contribution in [1.82, 2.24) is 68.9 Å². The molecule has 0 spiro atoms. The maximum absolute atomic E-state index is 8.98. The molecular formula is C115H106B2Br5N15O2. The summed E-state index contributed by atoms with van der Waals surface area (Å²) in [5.74, 6) is 0. The van der Waals surface area contributed by atoms with E-state index in [-0.39, 0.29) is 6.85 Å². The number of aromatic amines is 1. The Kier molecular flexibility index (Phi) is 31.6. The first-order valence-corrected chi connectivity index (χ1v) is 49.9. The van der Waals surface area contributed by atoms with Gasteiger partial charge in [0, 0.05) is 84.7 Å². The number of nitrogens with one attached hydrogen (secondary N) is 1. The first kappa shape index (κ1) is 98.6. The van der Waals surface area contributed by atoms with Crippen molar-refractivity contribution in [1.29, 1.82) is 0 Å². The molecule has 0 saturated heterocycles. The van der Waals surface area contributed by atoms with Gasteiger partial charge in [-0.25, -0.2) is 28.1 Å². The van der Waals surface area contributed by atoms with Crippen molar-refractivity contribution in [3.8, 4) is 78.6 Å². The summed E-state index contributed by atoms with van der Waals surface area (Å²) in [4.78, 5) is 2.53. The molecule has 0 saturated carbocycles. The van der Waals surface area contributed by atoms with Gasteiger partial charge in [0.1, 0.15) is 0 Å². The van der Waals surface area contributed by atoms with Crippen molar-refractivity contribution in [2.75, 3.05) is 4.81 Å². The summed E-state index contributed by atoms with van der Waals surface area (Å²) >= 11 is 17.2. The highest BCUT2D eigenvalue weighted by Gasteiger charge is 2.43. The number of benzene rings is 13. The molecular weight excluding hydrogens is 2040 g/mol. The van der Waals surface area contributed by atoms with Gasteiger partial charge in [0.05, 0.1) is 74.0 Å². The molecule has 0 fully saturated rings. The van der Waals surface area contributed by atoms with E-state index < -0.39 is 7.12 Å². The Bertz CT molecular complexity index is 7330. The van der Waals surface area contributed by atoms with Crippen LogP contribution >= 0.6 is 79.6 Å². The Labute approximate surface area is 856 Å². The summed E-state index contributed by atoms with van der Waals surface area (Å²) in [7, 11) is -1.42. The van der Waals surface area contributed by atoms with Gasteiger partial charge in [-0.1, -0.05) is 250 Å². The van der Waals surface area contributed by atoms with Crippen LogP contribution in [0.3, 0.4) is 0 Å². The van der Waals surface area contributed by atoms with Gasteiger partial charge in [0.25, 0.3) is 0 Å². The summed E-state index contributed by atoms with van der Waals surface area (Å²) in [5, 5.41) is 52.3. The number of rotatable bonds is 13. The van der Waals surface area contributed by atoms with Crippen LogP contribution in [0.4, 0.5) is 11.4 Å². The number of para-hydroxylation sites is 2. The number of H-pyrrole nitrogens is 1. The Hall–Kier alpha value is -13.4. The van der Waals surface area contributed by atoms with Crippen LogP contribution in [0.25, 0.3) is 78.6 Å². The quantitative estimate of drug-likeness (QED) is 0.0941. The molecule has 20 aromatic rings. The predicted octanol–water partition coefficient (Wildman–Crippen LogP) is 26.9. The molecule has 2 aliphatic heterocycles. The molecule has 17 nitrogen and oxygen atoms in total. The minimum Gasteiger partial charge on any atom is -0.423 e. The van der Waals surface area contributed by atoms with E-state index in [0.29, 0.717) is 5.46 Å². The van der Waals surface area contributed by atoms with Crippen LogP contribution in [0.5, 0.6) is 0 Å². The van der Waals surface area contributed by atoms with E-state index in [1.54, 1.807) is 12.1 Å². The van der Waals surface area contributed by atoms with Gasteiger partial charge in [-0.2, -0.15) is 35.7 Å². The monoisotopic (exact) mass is 2150 g/mol. The lowest BCUT2D eigenvalue weighted by Crippen LogP contribution is -2.59. The summed E-state index contributed by atoms with van der Waals surface area (Å²) < 4.78 is 17.5. The van der Waals surface area contributed by atoms with E-state index in [4.69, 9.17) is 20.2 Å². The summed E-state index contributed by atoms with van der Waals surface area (Å²) in [6.07, 6.45) is 1.80. The molecule has 0 bridgehead atoms. The molecule has 3 N–H and O–H groups in total. The van der Waals surface area contributed by atoms with E-state index in [0.717, 1.165) is 140 Å². The molecule has 7 aromatic heterocycles. The third-order valence-electron chi connectivity index (χ3n) is 24.1. The Morgan fingerprint density at radius 3 is 0.835 bits per heavy atom. The lowest BCUT2D eigenvalue weighted by Gasteiger charge is -2.43. The van der Waals surface area contributed by atoms with Gasteiger partial charge in [-0.05, 0) is 358 Å². The average Bonchev–Trinajstić information content (AvgIpc) is 0.909. The fourth-order valence-electron chi connectivity index (χ4n) is 17.8. The average molecular weight is 2150 g/mol. The standard InChI is InChI=1S/C35H32N4.C34H28BN5.C13H10Br2.C11H13BN2O2.C11H11BrN2.C6H4Br2.C5H8N2/c1-24-21-26(3)38(36-24)32-17-13-28(14-18-32)34-11-7-5-9-30(34)23-31-10-6-8-12-35(31)29-15-19-33(20-16-29)39-27(4)22-25(2)37-39;1-21-17-23(3)39(36-21)25-13-15-27-29-9-5-7-11-33(29)38-34-12-8-6-10-30(34)28-16-14-26(40-24(4)18-22(2)37-40)20-32(28)35(38)31(27)19-25;14-12-7-3-1-5-10(12)9-11-6-2-4-8-13(11)15;1-8-7-9(2)14(13-8)11-5-3-10(4-6-11)12(15)16;1-8-7-9(2)14(13-8)11-5-3-10(12)4-6-11;7-5-1-2-6(8)4-3-5;1-4-3-5(2)7-6-4/h5-22H,23H2,1-4H3;5-20H,1-4H3;1-8H,9H2;3-7,15-16H,1-2H3;3-7H,1-2H3;1-4H;3H,1-2H3,(H,6,7). The van der Waals surface area contributed by atoms with Crippen LogP contribution in [0.1, 0.15) is 102 Å². The first-order chi connectivity index (χ1) is 67.0. The largest absolute Gasteiger partial charge is 0.488 e. The summed E-state index contributed by atoms with van der Waals surface area (Å²) in [5.41, 5.74) is 42.1. The molecule has 139 heavy (non-hydrogen) atoms. The van der Waals surface area contributed by atoms with E-state index in [1.807, 2.05) is 152 Å². The van der Waals surface area contributed by atoms with Crippen molar-refractivity contribution < 1.29 is 10.0 Å². The number of aryl methyl sites for hydroxylation is 14. The van der Waals surface area contributed by atoms with Crippen LogP contribution in [0.2, 0.25) is 0 Å². The first-order valence-electron chi connectivity index (χ1n) is 46.0. The third-order valence-corrected chi connectivity index (χ3v) is 27.2. The van der Waals surface area contributed by atoms with Gasteiger partial charge < -0.3 is 14.9 Å². The number of halogens is 5. The van der Waals surface area contributed by atoms with E-state index in [2.05, 4.69) is 422 Å². The summed E-state index contributed by atoms with van der Waals surface area (Å²) in [6.45, 7) is 28.5. The van der Waals surface area contributed by atoms with Crippen molar-refractivity contribution in [3.63, 3.8) is 0 Å². The number of hydrogen-bond donors (Lipinski definition) is 3. The lowest BCUT2D eigenvalue weighted by molar-refractivity contribution is 0.425. The minimum absolute atomic E-state index is 0.00336. The molecule has 0 radical (unpaired) electrons. The predicted molar refractivity (Wildman–Crippen MR) is 588 cm³/mol. The van der Waals surface area contributed by atoms with Crippen LogP contribution in [0.15, 0.2) is 368 Å². The van der Waals surface area contributed by atoms with E-state index in [1.165, 1.54) is 98.0 Å². The zero-order chi connectivity index (χ0) is 97.8. The van der Waals surface area contributed by atoms with Gasteiger partial charge in [-0.3, -0.25) is 5.10 Å². The van der Waals surface area contributed by atoms with E-state index in [9.17, 15) is 0 Å². The zero-order valence-corrected chi connectivity index (χ0v) is 88.0. The van der Waals surface area contributed by atoms with Crippen molar-refractivity contribution in [3.05, 3.63) is 470 Å². The second-order valence-electron chi connectivity index (χ2n) is 34.9. The number of aromatic nitrogens is 14. The zero-order valence-electron chi connectivity index (χ0n) is 80.0. The molecule has 0 amide bonds. The molecule has 0 atom stereocenters. The molecule has 22 rings (SSSR count). The molecule has 2 aliphatic rings. The molecule has 13 aromatic carbocycles. The van der Waals surface area contributed by atoms with Gasteiger partial charge in [-0.15, -0.1) is 0 Å². The molecule has 0 unspecified atom stereocenters. The summed E-state index contributed by atoms with van der Waals surface area (Å²) in [6, 6.07) is 120.